The molecular formula is C28H44N4O2S. The molecule has 2 atom stereocenters. The molecule has 7 heteroatoms. The van der Waals surface area contributed by atoms with Crippen LogP contribution in [0.2, 0.25) is 0 Å². The molecule has 1 saturated heterocycles. The van der Waals surface area contributed by atoms with Gasteiger partial charge in [-0.15, -0.1) is 0 Å². The van der Waals surface area contributed by atoms with Gasteiger partial charge >= 0.3 is 0 Å². The van der Waals surface area contributed by atoms with Crippen LogP contribution in [-0.2, 0) is 4.79 Å². The molecule has 194 valence electrons. The highest BCUT2D eigenvalue weighted by atomic mass is 32.1. The normalized spacial score (nSPS) is 19.1. The van der Waals surface area contributed by atoms with Crippen molar-refractivity contribution >= 4 is 34.7 Å². The summed E-state index contributed by atoms with van der Waals surface area (Å²) in [5.41, 5.74) is 8.92. The minimum absolute atomic E-state index is 0.0190. The van der Waals surface area contributed by atoms with Crippen molar-refractivity contribution in [2.75, 3.05) is 31.1 Å². The highest BCUT2D eigenvalue weighted by molar-refractivity contribution is 7.80. The first kappa shape index (κ1) is 27.6. The number of rotatable bonds is 11. The van der Waals surface area contributed by atoms with Crippen LogP contribution in [0.1, 0.15) is 87.6 Å². The molecule has 1 aliphatic heterocycles. The van der Waals surface area contributed by atoms with E-state index in [1.54, 1.807) is 0 Å². The van der Waals surface area contributed by atoms with E-state index in [0.717, 1.165) is 74.0 Å². The lowest BCUT2D eigenvalue weighted by Crippen LogP contribution is -2.46. The Morgan fingerprint density at radius 3 is 2.69 bits per heavy atom. The number of benzene rings is 1. The van der Waals surface area contributed by atoms with Crippen LogP contribution in [0.5, 0.6) is 0 Å². The van der Waals surface area contributed by atoms with Crippen LogP contribution in [0.15, 0.2) is 18.2 Å². The first-order valence-corrected chi connectivity index (χ1v) is 13.9. The van der Waals surface area contributed by atoms with Gasteiger partial charge in [0.15, 0.2) is 5.11 Å². The van der Waals surface area contributed by atoms with E-state index in [2.05, 4.69) is 22.0 Å². The molecule has 0 bridgehead atoms. The van der Waals surface area contributed by atoms with Gasteiger partial charge in [-0.3, -0.25) is 9.59 Å². The van der Waals surface area contributed by atoms with Gasteiger partial charge in [-0.1, -0.05) is 26.7 Å². The molecule has 35 heavy (non-hydrogen) atoms. The predicted octanol–water partition coefficient (Wildman–Crippen LogP) is 4.82. The second-order valence-electron chi connectivity index (χ2n) is 10.7. The van der Waals surface area contributed by atoms with Crippen molar-refractivity contribution in [3.05, 3.63) is 29.3 Å². The van der Waals surface area contributed by atoms with Crippen LogP contribution in [0.4, 0.5) is 5.69 Å². The first-order valence-electron chi connectivity index (χ1n) is 13.5. The van der Waals surface area contributed by atoms with E-state index >= 15 is 0 Å². The Hall–Kier alpha value is -1.99. The molecule has 1 unspecified atom stereocenters. The van der Waals surface area contributed by atoms with E-state index in [1.165, 1.54) is 12.8 Å². The smallest absolute Gasteiger partial charge is 0.251 e. The number of hydrogen-bond donors (Lipinski definition) is 2. The SMILES string of the molecule is CCCC(=O)C[C@H](C)CN(C(=S)N1CCCC(N)CC1)c1ccc(C(=O)NCCC2CC2)cc1C. The third kappa shape index (κ3) is 8.57. The topological polar surface area (TPSA) is 78.7 Å². The fraction of sp³-hybridized carbons (Fsp3) is 0.679. The Balaban J connectivity index is 1.76. The van der Waals surface area contributed by atoms with Gasteiger partial charge in [0.25, 0.3) is 5.91 Å². The average Bonchev–Trinajstić information content (AvgIpc) is 3.65. The summed E-state index contributed by atoms with van der Waals surface area (Å²) in [4.78, 5) is 29.5. The monoisotopic (exact) mass is 500 g/mol. The lowest BCUT2D eigenvalue weighted by atomic mass is 10.0. The van der Waals surface area contributed by atoms with Crippen LogP contribution in [0.25, 0.3) is 0 Å². The number of amides is 1. The summed E-state index contributed by atoms with van der Waals surface area (Å²) in [6.45, 7) is 9.36. The van der Waals surface area contributed by atoms with Crippen molar-refractivity contribution in [3.8, 4) is 0 Å². The molecule has 3 N–H and O–H groups in total. The van der Waals surface area contributed by atoms with E-state index in [1.807, 2.05) is 32.0 Å². The number of aryl methyl sites for hydroxylation is 1. The Morgan fingerprint density at radius 1 is 1.23 bits per heavy atom. The number of anilines is 1. The molecule has 3 rings (SSSR count). The Bertz CT molecular complexity index is 886. The first-order chi connectivity index (χ1) is 16.8. The maximum atomic E-state index is 12.7. The van der Waals surface area contributed by atoms with Crippen molar-refractivity contribution < 1.29 is 9.59 Å². The summed E-state index contributed by atoms with van der Waals surface area (Å²) in [5, 5.41) is 3.85. The minimum Gasteiger partial charge on any atom is -0.352 e. The number of hydrogen-bond acceptors (Lipinski definition) is 4. The molecule has 2 aliphatic rings. The van der Waals surface area contributed by atoms with Crippen molar-refractivity contribution in [2.45, 2.75) is 84.6 Å². The van der Waals surface area contributed by atoms with E-state index in [0.29, 0.717) is 30.7 Å². The third-order valence-electron chi connectivity index (χ3n) is 7.16. The van der Waals surface area contributed by atoms with Gasteiger partial charge in [-0.2, -0.15) is 0 Å². The Kier molecular flexibility index (Phi) is 10.5. The molecule has 1 aromatic carbocycles. The van der Waals surface area contributed by atoms with E-state index in [4.69, 9.17) is 18.0 Å². The summed E-state index contributed by atoms with van der Waals surface area (Å²) < 4.78 is 0. The van der Waals surface area contributed by atoms with E-state index in [-0.39, 0.29) is 17.9 Å². The molecular weight excluding hydrogens is 456 g/mol. The highest BCUT2D eigenvalue weighted by Gasteiger charge is 2.25. The largest absolute Gasteiger partial charge is 0.352 e. The summed E-state index contributed by atoms with van der Waals surface area (Å²) >= 11 is 6.04. The molecule has 0 radical (unpaired) electrons. The zero-order valence-corrected chi connectivity index (χ0v) is 22.7. The highest BCUT2D eigenvalue weighted by Crippen LogP contribution is 2.31. The number of nitrogens with two attached hydrogens (primary N) is 1. The number of carbonyl (C=O) groups excluding carboxylic acids is 2. The third-order valence-corrected chi connectivity index (χ3v) is 7.64. The Labute approximate surface area is 217 Å². The summed E-state index contributed by atoms with van der Waals surface area (Å²) in [5.74, 6) is 1.26. The number of Topliss-reactive ketones (excluding diaryl/α,β-unsaturated/α-hetero) is 1. The van der Waals surface area contributed by atoms with Crippen LogP contribution in [0, 0.1) is 18.8 Å². The van der Waals surface area contributed by atoms with Gasteiger partial charge in [-0.05, 0) is 86.8 Å². The zero-order valence-electron chi connectivity index (χ0n) is 21.9. The molecule has 1 saturated carbocycles. The Morgan fingerprint density at radius 2 is 2.00 bits per heavy atom. The molecule has 1 amide bonds. The predicted molar refractivity (Wildman–Crippen MR) is 148 cm³/mol. The number of nitrogens with zero attached hydrogens (tertiary/aromatic N) is 2. The van der Waals surface area contributed by atoms with Crippen LogP contribution in [0.3, 0.4) is 0 Å². The maximum Gasteiger partial charge on any atom is 0.251 e. The van der Waals surface area contributed by atoms with Crippen molar-refractivity contribution in [2.24, 2.45) is 17.6 Å². The second-order valence-corrected chi connectivity index (χ2v) is 11.0. The quantitative estimate of drug-likeness (QED) is 0.424. The van der Waals surface area contributed by atoms with Gasteiger partial charge in [0.1, 0.15) is 5.78 Å². The number of ketones is 1. The van der Waals surface area contributed by atoms with Crippen LogP contribution in [-0.4, -0.2) is 53.9 Å². The molecule has 0 aromatic heterocycles. The maximum absolute atomic E-state index is 12.7. The van der Waals surface area contributed by atoms with Crippen molar-refractivity contribution in [1.29, 1.82) is 0 Å². The van der Waals surface area contributed by atoms with Gasteiger partial charge in [0, 0.05) is 56.3 Å². The van der Waals surface area contributed by atoms with Gasteiger partial charge in [0.2, 0.25) is 0 Å². The molecule has 1 aliphatic carbocycles. The van der Waals surface area contributed by atoms with Gasteiger partial charge in [-0.25, -0.2) is 0 Å². The summed E-state index contributed by atoms with van der Waals surface area (Å²) in [6, 6.07) is 6.10. The second kappa shape index (κ2) is 13.4. The summed E-state index contributed by atoms with van der Waals surface area (Å²) in [6.07, 6.45) is 8.70. The van der Waals surface area contributed by atoms with Gasteiger partial charge in [0.05, 0.1) is 0 Å². The van der Waals surface area contributed by atoms with Crippen LogP contribution < -0.4 is 16.0 Å². The lowest BCUT2D eigenvalue weighted by molar-refractivity contribution is -0.119. The van der Waals surface area contributed by atoms with Crippen molar-refractivity contribution in [1.82, 2.24) is 10.2 Å². The lowest BCUT2D eigenvalue weighted by Gasteiger charge is -2.35. The van der Waals surface area contributed by atoms with Gasteiger partial charge < -0.3 is 20.9 Å². The number of likely N-dealkylation sites (tertiary alicyclic amines) is 1. The van der Waals surface area contributed by atoms with Crippen LogP contribution >= 0.6 is 12.2 Å². The minimum atomic E-state index is -0.0190. The fourth-order valence-corrected chi connectivity index (χ4v) is 5.26. The standard InChI is InChI=1S/C28H44N4O2S/c1-4-6-25(33)17-20(2)19-32(28(35)31-15-5-7-24(29)13-16-31)26-11-10-23(18-21(26)3)27(34)30-14-12-22-8-9-22/h10-11,18,20,22,24H,4-9,12-17,19,29H2,1-3H3,(H,30,34)/t20-,24?/m0/s1. The zero-order chi connectivity index (χ0) is 25.4. The van der Waals surface area contributed by atoms with Crippen molar-refractivity contribution in [3.63, 3.8) is 0 Å². The number of carbonyl (C=O) groups is 2. The molecule has 2 fully saturated rings. The van der Waals surface area contributed by atoms with E-state index in [9.17, 15) is 9.59 Å². The molecule has 6 nitrogen and oxygen atoms in total. The number of nitrogens with one attached hydrogen (secondary N) is 1. The molecule has 1 heterocycles. The number of thiocarbonyl (C=S) groups is 1. The molecule has 1 aromatic rings. The summed E-state index contributed by atoms with van der Waals surface area (Å²) in [7, 11) is 0. The van der Waals surface area contributed by atoms with E-state index < -0.39 is 0 Å². The fourth-order valence-electron chi connectivity index (χ4n) is 4.91. The molecule has 0 spiro atoms. The average molecular weight is 501 g/mol.